The Balaban J connectivity index is 2.16. The van der Waals surface area contributed by atoms with Crippen LogP contribution in [0.15, 0.2) is 35.2 Å². The summed E-state index contributed by atoms with van der Waals surface area (Å²) in [4.78, 5) is 36.3. The first kappa shape index (κ1) is 18.2. The summed E-state index contributed by atoms with van der Waals surface area (Å²) < 4.78 is 13.5. The Bertz CT molecular complexity index is 899. The fourth-order valence-electron chi connectivity index (χ4n) is 3.32. The number of fused-ring (bicyclic) bond motifs is 1. The quantitative estimate of drug-likeness (QED) is 0.606. The summed E-state index contributed by atoms with van der Waals surface area (Å²) in [5, 5.41) is 18.8. The van der Waals surface area contributed by atoms with Crippen LogP contribution in [-0.2, 0) is 27.3 Å². The molecule has 2 heterocycles. The van der Waals surface area contributed by atoms with Gasteiger partial charge in [-0.3, -0.25) is 14.4 Å². The monoisotopic (exact) mass is 375 g/mol. The van der Waals surface area contributed by atoms with Crippen molar-refractivity contribution in [2.75, 3.05) is 6.26 Å². The zero-order valence-electron chi connectivity index (χ0n) is 14.1. The van der Waals surface area contributed by atoms with Crippen LogP contribution in [0.3, 0.4) is 0 Å². The van der Waals surface area contributed by atoms with E-state index in [4.69, 9.17) is 0 Å². The zero-order chi connectivity index (χ0) is 19.2. The van der Waals surface area contributed by atoms with Crippen LogP contribution in [0.1, 0.15) is 33.2 Å². The van der Waals surface area contributed by atoms with Crippen molar-refractivity contribution >= 4 is 28.9 Å². The summed E-state index contributed by atoms with van der Waals surface area (Å²) in [6.45, 7) is 1.73. The first-order chi connectivity index (χ1) is 12.2. The Hall–Kier alpha value is -2.58. The molecule has 1 aromatic heterocycles. The van der Waals surface area contributed by atoms with Crippen LogP contribution in [0.5, 0.6) is 0 Å². The van der Waals surface area contributed by atoms with Gasteiger partial charge in [-0.1, -0.05) is 29.8 Å². The minimum atomic E-state index is -1.53. The predicted octanol–water partition coefficient (Wildman–Crippen LogP) is 1.65. The number of hydrogen-bond acceptors (Lipinski definition) is 4. The number of aliphatic carboxylic acids is 2. The molecule has 26 heavy (non-hydrogen) atoms. The maximum absolute atomic E-state index is 13.0. The van der Waals surface area contributed by atoms with Crippen LogP contribution in [0.4, 0.5) is 0 Å². The molecule has 0 amide bonds. The molecule has 0 fully saturated rings. The number of hydrogen-bond donors (Lipinski definition) is 2. The highest BCUT2D eigenvalue weighted by Gasteiger charge is 2.46. The minimum absolute atomic E-state index is 0.0969. The number of carboxylic acids is 2. The Kier molecular flexibility index (Phi) is 4.64. The van der Waals surface area contributed by atoms with E-state index in [0.29, 0.717) is 5.56 Å². The van der Waals surface area contributed by atoms with Crippen LogP contribution >= 0.6 is 0 Å². The standard InChI is InChI=1S/C18H17NO6S/c1-9-3-5-10(6-4-9)16(20)15-13(26(2)25)7-12-14(18(23)24)11(17(21)22)8-19(12)15/h3-7,11,14H,8H2,1-2H3,(H,21,22)(H,23,24). The van der Waals surface area contributed by atoms with Gasteiger partial charge in [0.15, 0.2) is 4.90 Å². The molecule has 0 saturated carbocycles. The summed E-state index contributed by atoms with van der Waals surface area (Å²) in [6.07, 6.45) is 1.40. The third-order valence-corrected chi connectivity index (χ3v) is 5.55. The molecule has 1 aliphatic rings. The van der Waals surface area contributed by atoms with Crippen LogP contribution in [0, 0.1) is 12.8 Å². The molecule has 0 saturated heterocycles. The molecule has 3 unspecified atom stereocenters. The van der Waals surface area contributed by atoms with Gasteiger partial charge in [0, 0.05) is 23.9 Å². The number of carboxylic acid groups (broad SMARTS) is 2. The van der Waals surface area contributed by atoms with E-state index < -0.39 is 40.7 Å². The fourth-order valence-corrected chi connectivity index (χ4v) is 4.08. The number of carbonyl (C=O) groups is 3. The number of benzene rings is 1. The van der Waals surface area contributed by atoms with E-state index in [1.165, 1.54) is 16.9 Å². The molecule has 0 bridgehead atoms. The van der Waals surface area contributed by atoms with Crippen molar-refractivity contribution in [3.8, 4) is 0 Å². The van der Waals surface area contributed by atoms with E-state index in [0.717, 1.165) is 5.56 Å². The third-order valence-electron chi connectivity index (χ3n) is 4.62. The Morgan fingerprint density at radius 1 is 1.15 bits per heavy atom. The summed E-state index contributed by atoms with van der Waals surface area (Å²) >= 11 is -1.53. The van der Waals surface area contributed by atoms with Gasteiger partial charge < -0.3 is 19.3 Å². The van der Waals surface area contributed by atoms with E-state index in [1.807, 2.05) is 6.92 Å². The van der Waals surface area contributed by atoms with Crippen LogP contribution in [0.25, 0.3) is 0 Å². The number of nitrogens with zero attached hydrogens (tertiary/aromatic N) is 1. The normalized spacial score (nSPS) is 19.8. The Morgan fingerprint density at radius 3 is 2.27 bits per heavy atom. The van der Waals surface area contributed by atoms with Crippen LogP contribution < -0.4 is 0 Å². The molecule has 8 heteroatoms. The van der Waals surface area contributed by atoms with Crippen molar-refractivity contribution in [1.82, 2.24) is 4.57 Å². The lowest BCUT2D eigenvalue weighted by Crippen LogP contribution is -2.25. The fraction of sp³-hybridized carbons (Fsp3) is 0.278. The largest absolute Gasteiger partial charge is 0.612 e. The van der Waals surface area contributed by atoms with E-state index in [1.54, 1.807) is 24.3 Å². The predicted molar refractivity (Wildman–Crippen MR) is 92.9 cm³/mol. The maximum Gasteiger partial charge on any atom is 0.313 e. The lowest BCUT2D eigenvalue weighted by molar-refractivity contribution is -0.149. The number of ketones is 1. The molecule has 3 atom stereocenters. The van der Waals surface area contributed by atoms with Gasteiger partial charge in [-0.15, -0.1) is 0 Å². The summed E-state index contributed by atoms with van der Waals surface area (Å²) in [5.41, 5.74) is 1.64. The van der Waals surface area contributed by atoms with Gasteiger partial charge in [-0.05, 0) is 18.1 Å². The topological polar surface area (TPSA) is 120 Å². The highest BCUT2D eigenvalue weighted by atomic mass is 32.2. The van der Waals surface area contributed by atoms with E-state index in [-0.39, 0.29) is 22.8 Å². The first-order valence-electron chi connectivity index (χ1n) is 7.86. The van der Waals surface area contributed by atoms with Crippen molar-refractivity contribution in [2.24, 2.45) is 5.92 Å². The Morgan fingerprint density at radius 2 is 1.77 bits per heavy atom. The summed E-state index contributed by atoms with van der Waals surface area (Å²) in [7, 11) is 0. The van der Waals surface area contributed by atoms with E-state index >= 15 is 0 Å². The third kappa shape index (κ3) is 2.91. The number of aromatic nitrogens is 1. The molecule has 1 aliphatic heterocycles. The van der Waals surface area contributed by atoms with Crippen LogP contribution in [-0.4, -0.2) is 43.3 Å². The highest BCUT2D eigenvalue weighted by Crippen LogP contribution is 2.39. The van der Waals surface area contributed by atoms with Crippen molar-refractivity contribution in [1.29, 1.82) is 0 Å². The van der Waals surface area contributed by atoms with Gasteiger partial charge in [0.2, 0.25) is 5.78 Å². The van der Waals surface area contributed by atoms with Gasteiger partial charge in [0.1, 0.15) is 17.9 Å². The lowest BCUT2D eigenvalue weighted by Gasteiger charge is -2.12. The highest BCUT2D eigenvalue weighted by molar-refractivity contribution is 7.90. The second kappa shape index (κ2) is 6.62. The van der Waals surface area contributed by atoms with Gasteiger partial charge in [-0.25, -0.2) is 0 Å². The Labute approximate surface area is 152 Å². The maximum atomic E-state index is 13.0. The van der Waals surface area contributed by atoms with Crippen LogP contribution in [0.2, 0.25) is 0 Å². The van der Waals surface area contributed by atoms with Gasteiger partial charge >= 0.3 is 11.9 Å². The average Bonchev–Trinajstić information content (AvgIpc) is 3.10. The lowest BCUT2D eigenvalue weighted by atomic mass is 9.93. The molecule has 0 spiro atoms. The van der Waals surface area contributed by atoms with Crippen molar-refractivity contribution in [3.63, 3.8) is 0 Å². The average molecular weight is 375 g/mol. The van der Waals surface area contributed by atoms with Crippen molar-refractivity contribution < 1.29 is 29.1 Å². The van der Waals surface area contributed by atoms with Crippen molar-refractivity contribution in [2.45, 2.75) is 24.3 Å². The molecule has 3 rings (SSSR count). The smallest absolute Gasteiger partial charge is 0.313 e. The molecule has 1 aromatic carbocycles. The number of rotatable bonds is 5. The molecular formula is C18H17NO6S. The first-order valence-corrected chi connectivity index (χ1v) is 9.42. The molecule has 0 aliphatic carbocycles. The van der Waals surface area contributed by atoms with Gasteiger partial charge in [-0.2, -0.15) is 0 Å². The second-order valence-corrected chi connectivity index (χ2v) is 7.65. The SMILES string of the molecule is Cc1ccc(C(=O)c2c([S+](C)[O-])cc3n2CC(C(=O)O)C3C(=O)O)cc1. The number of aryl methyl sites for hydroxylation is 1. The minimum Gasteiger partial charge on any atom is -0.612 e. The van der Waals surface area contributed by atoms with E-state index in [2.05, 4.69) is 0 Å². The molecule has 136 valence electrons. The second-order valence-electron chi connectivity index (χ2n) is 6.30. The summed E-state index contributed by atoms with van der Waals surface area (Å²) in [6, 6.07) is 8.20. The van der Waals surface area contributed by atoms with Crippen molar-refractivity contribution in [3.05, 3.63) is 52.8 Å². The molecule has 7 nitrogen and oxygen atoms in total. The molecular weight excluding hydrogens is 358 g/mol. The van der Waals surface area contributed by atoms with Gasteiger partial charge in [0.05, 0.1) is 5.92 Å². The molecule has 2 aromatic rings. The molecule has 2 N–H and O–H groups in total. The molecule has 0 radical (unpaired) electrons. The number of carbonyl (C=O) groups excluding carboxylic acids is 1. The van der Waals surface area contributed by atoms with E-state index in [9.17, 15) is 29.1 Å². The summed E-state index contributed by atoms with van der Waals surface area (Å²) in [5.74, 6) is -5.39. The zero-order valence-corrected chi connectivity index (χ0v) is 14.9. The van der Waals surface area contributed by atoms with Gasteiger partial charge in [0.25, 0.3) is 0 Å².